The third-order valence-electron chi connectivity index (χ3n) is 2.67. The van der Waals surface area contributed by atoms with Gasteiger partial charge in [-0.2, -0.15) is 0 Å². The molecule has 0 saturated heterocycles. The fraction of sp³-hybridized carbons (Fsp3) is 0.600. The molecule has 1 unspecified atom stereocenters. The van der Waals surface area contributed by atoms with Gasteiger partial charge in [-0.3, -0.25) is 0 Å². The smallest absolute Gasteiger partial charge is 0.220 e. The first-order chi connectivity index (χ1) is 6.48. The summed E-state index contributed by atoms with van der Waals surface area (Å²) in [6.07, 6.45) is 2.80. The number of nitrogen functional groups attached to an aromatic ring is 1. The molecule has 1 aliphatic rings. The van der Waals surface area contributed by atoms with Crippen molar-refractivity contribution >= 4 is 5.95 Å². The Balaban J connectivity index is 2.46. The summed E-state index contributed by atoms with van der Waals surface area (Å²) in [4.78, 5) is 8.06. The van der Waals surface area contributed by atoms with Crippen molar-refractivity contribution in [2.75, 3.05) is 5.73 Å². The standard InChI is InChI=1S/C10H15N3O/c1-10(2)3-7-6(8(14)4-10)5-12-9(11)13-7/h5,8,14H,3-4H2,1-2H3,(H2,11,12,13). The van der Waals surface area contributed by atoms with Crippen LogP contribution in [0.25, 0.3) is 0 Å². The molecule has 0 fully saturated rings. The fourth-order valence-electron chi connectivity index (χ4n) is 2.02. The Morgan fingerprint density at radius 2 is 2.29 bits per heavy atom. The molecule has 1 atom stereocenters. The summed E-state index contributed by atoms with van der Waals surface area (Å²) in [5, 5.41) is 9.87. The number of nitrogens with zero attached hydrogens (tertiary/aromatic N) is 2. The lowest BCUT2D eigenvalue weighted by molar-refractivity contribution is 0.0978. The monoisotopic (exact) mass is 193 g/mol. The Morgan fingerprint density at radius 3 is 3.00 bits per heavy atom. The summed E-state index contributed by atoms with van der Waals surface area (Å²) in [5.74, 6) is 0.286. The van der Waals surface area contributed by atoms with Crippen LogP contribution in [-0.2, 0) is 6.42 Å². The van der Waals surface area contributed by atoms with Gasteiger partial charge in [0.25, 0.3) is 0 Å². The number of nitrogens with two attached hydrogens (primary N) is 1. The number of hydrogen-bond acceptors (Lipinski definition) is 4. The van der Waals surface area contributed by atoms with Crippen molar-refractivity contribution in [1.82, 2.24) is 9.97 Å². The van der Waals surface area contributed by atoms with Gasteiger partial charge in [-0.25, -0.2) is 9.97 Å². The van der Waals surface area contributed by atoms with Crippen LogP contribution in [0.3, 0.4) is 0 Å². The largest absolute Gasteiger partial charge is 0.388 e. The van der Waals surface area contributed by atoms with Gasteiger partial charge in [-0.05, 0) is 18.3 Å². The van der Waals surface area contributed by atoms with Crippen molar-refractivity contribution in [3.63, 3.8) is 0 Å². The molecule has 0 saturated carbocycles. The first-order valence-corrected chi connectivity index (χ1v) is 4.77. The van der Waals surface area contributed by atoms with Gasteiger partial charge < -0.3 is 10.8 Å². The molecular weight excluding hydrogens is 178 g/mol. The predicted molar refractivity (Wildman–Crippen MR) is 53.5 cm³/mol. The van der Waals surface area contributed by atoms with E-state index < -0.39 is 6.10 Å². The minimum absolute atomic E-state index is 0.0905. The van der Waals surface area contributed by atoms with E-state index in [1.807, 2.05) is 0 Å². The number of aromatic nitrogens is 2. The van der Waals surface area contributed by atoms with E-state index in [0.29, 0.717) is 0 Å². The van der Waals surface area contributed by atoms with Crippen molar-refractivity contribution < 1.29 is 5.11 Å². The minimum atomic E-state index is -0.450. The lowest BCUT2D eigenvalue weighted by atomic mass is 9.75. The first-order valence-electron chi connectivity index (χ1n) is 4.77. The second kappa shape index (κ2) is 2.92. The van der Waals surface area contributed by atoms with Gasteiger partial charge in [-0.15, -0.1) is 0 Å². The maximum absolute atomic E-state index is 9.87. The maximum atomic E-state index is 9.87. The molecule has 4 heteroatoms. The van der Waals surface area contributed by atoms with E-state index in [0.717, 1.165) is 24.1 Å². The molecule has 1 heterocycles. The van der Waals surface area contributed by atoms with Crippen LogP contribution in [0.4, 0.5) is 5.95 Å². The van der Waals surface area contributed by atoms with Gasteiger partial charge in [0.15, 0.2) is 0 Å². The highest BCUT2D eigenvalue weighted by molar-refractivity contribution is 5.29. The molecule has 4 nitrogen and oxygen atoms in total. The fourth-order valence-corrected chi connectivity index (χ4v) is 2.02. The van der Waals surface area contributed by atoms with Gasteiger partial charge >= 0.3 is 0 Å². The van der Waals surface area contributed by atoms with Crippen molar-refractivity contribution in [2.45, 2.75) is 32.8 Å². The quantitative estimate of drug-likeness (QED) is 0.646. The summed E-state index contributed by atoms with van der Waals surface area (Å²) in [7, 11) is 0. The van der Waals surface area contributed by atoms with E-state index in [2.05, 4.69) is 23.8 Å². The summed E-state index contributed by atoms with van der Waals surface area (Å²) >= 11 is 0. The summed E-state index contributed by atoms with van der Waals surface area (Å²) < 4.78 is 0. The second-order valence-electron chi connectivity index (χ2n) is 4.69. The van der Waals surface area contributed by atoms with E-state index in [1.165, 1.54) is 0 Å². The van der Waals surface area contributed by atoms with E-state index in [9.17, 15) is 5.11 Å². The van der Waals surface area contributed by atoms with Crippen LogP contribution in [0.2, 0.25) is 0 Å². The average molecular weight is 193 g/mol. The van der Waals surface area contributed by atoms with Crippen LogP contribution in [0, 0.1) is 5.41 Å². The SMILES string of the molecule is CC1(C)Cc2nc(N)ncc2C(O)C1. The van der Waals surface area contributed by atoms with Crippen LogP contribution < -0.4 is 5.73 Å². The number of fused-ring (bicyclic) bond motifs is 1. The predicted octanol–water partition coefficient (Wildman–Crippen LogP) is 1.06. The molecule has 0 aliphatic heterocycles. The van der Waals surface area contributed by atoms with Crippen LogP contribution >= 0.6 is 0 Å². The van der Waals surface area contributed by atoms with Crippen LogP contribution in [0.15, 0.2) is 6.20 Å². The molecular formula is C10H15N3O. The third kappa shape index (κ3) is 1.57. The Morgan fingerprint density at radius 1 is 1.57 bits per heavy atom. The molecule has 76 valence electrons. The summed E-state index contributed by atoms with van der Waals surface area (Å²) in [6.45, 7) is 4.24. The Labute approximate surface area is 83.2 Å². The Hall–Kier alpha value is -1.16. The summed E-state index contributed by atoms with van der Waals surface area (Å²) in [6, 6.07) is 0. The molecule has 0 radical (unpaired) electrons. The highest BCUT2D eigenvalue weighted by Gasteiger charge is 2.32. The van der Waals surface area contributed by atoms with Gasteiger partial charge in [0.05, 0.1) is 11.8 Å². The molecule has 1 aromatic rings. The third-order valence-corrected chi connectivity index (χ3v) is 2.67. The summed E-state index contributed by atoms with van der Waals surface area (Å²) in [5.41, 5.74) is 7.32. The zero-order valence-corrected chi connectivity index (χ0v) is 8.49. The van der Waals surface area contributed by atoms with Gasteiger partial charge in [0.1, 0.15) is 0 Å². The van der Waals surface area contributed by atoms with E-state index in [1.54, 1.807) is 6.20 Å². The molecule has 0 bridgehead atoms. The molecule has 14 heavy (non-hydrogen) atoms. The van der Waals surface area contributed by atoms with Crippen molar-refractivity contribution in [3.8, 4) is 0 Å². The number of aliphatic hydroxyl groups is 1. The number of aliphatic hydroxyl groups excluding tert-OH is 1. The maximum Gasteiger partial charge on any atom is 0.220 e. The molecule has 1 aromatic heterocycles. The molecule has 0 aromatic carbocycles. The highest BCUT2D eigenvalue weighted by atomic mass is 16.3. The lowest BCUT2D eigenvalue weighted by Crippen LogP contribution is -2.27. The lowest BCUT2D eigenvalue weighted by Gasteiger charge is -2.33. The van der Waals surface area contributed by atoms with Gasteiger partial charge in [-0.1, -0.05) is 13.8 Å². The number of hydrogen-bond donors (Lipinski definition) is 2. The van der Waals surface area contributed by atoms with E-state index >= 15 is 0 Å². The molecule has 3 N–H and O–H groups in total. The number of anilines is 1. The van der Waals surface area contributed by atoms with Gasteiger partial charge in [0, 0.05) is 11.8 Å². The van der Waals surface area contributed by atoms with E-state index in [-0.39, 0.29) is 11.4 Å². The second-order valence-corrected chi connectivity index (χ2v) is 4.69. The zero-order chi connectivity index (χ0) is 10.3. The molecule has 0 spiro atoms. The van der Waals surface area contributed by atoms with Crippen LogP contribution in [0.1, 0.15) is 37.6 Å². The van der Waals surface area contributed by atoms with Crippen LogP contribution in [-0.4, -0.2) is 15.1 Å². The van der Waals surface area contributed by atoms with Crippen molar-refractivity contribution in [2.24, 2.45) is 5.41 Å². The molecule has 1 aliphatic carbocycles. The first kappa shape index (κ1) is 9.40. The van der Waals surface area contributed by atoms with Crippen LogP contribution in [0.5, 0.6) is 0 Å². The van der Waals surface area contributed by atoms with Gasteiger partial charge in [0.2, 0.25) is 5.95 Å². The minimum Gasteiger partial charge on any atom is -0.388 e. The Bertz CT molecular complexity index is 362. The normalized spacial score (nSPS) is 24.4. The highest BCUT2D eigenvalue weighted by Crippen LogP contribution is 2.39. The van der Waals surface area contributed by atoms with Crippen molar-refractivity contribution in [1.29, 1.82) is 0 Å². The van der Waals surface area contributed by atoms with E-state index in [4.69, 9.17) is 5.73 Å². The average Bonchev–Trinajstić information content (AvgIpc) is 2.00. The Kier molecular flexibility index (Phi) is 1.96. The topological polar surface area (TPSA) is 72.0 Å². The zero-order valence-electron chi connectivity index (χ0n) is 8.49. The molecule has 2 rings (SSSR count). The van der Waals surface area contributed by atoms with Crippen molar-refractivity contribution in [3.05, 3.63) is 17.5 Å². The number of rotatable bonds is 0. The molecule has 0 amide bonds.